The summed E-state index contributed by atoms with van der Waals surface area (Å²) in [4.78, 5) is 19.9. The highest BCUT2D eigenvalue weighted by atomic mass is 32.2. The lowest BCUT2D eigenvalue weighted by Gasteiger charge is -2.21. The molecule has 31 heavy (non-hydrogen) atoms. The van der Waals surface area contributed by atoms with Crippen molar-refractivity contribution in [3.63, 3.8) is 0 Å². The Kier molecular flexibility index (Phi) is 7.11. The van der Waals surface area contributed by atoms with E-state index in [-0.39, 0.29) is 22.0 Å². The minimum absolute atomic E-state index is 0.0925. The monoisotopic (exact) mass is 458 g/mol. The van der Waals surface area contributed by atoms with Crippen molar-refractivity contribution < 1.29 is 31.1 Å². The van der Waals surface area contributed by atoms with Gasteiger partial charge in [-0.15, -0.1) is 0 Å². The van der Waals surface area contributed by atoms with Crippen molar-refractivity contribution in [2.45, 2.75) is 36.8 Å². The SMILES string of the molecule is O=C(Nc1cc(S(=O)(=O)N2CCCCCC2)ccc1OCC(F)(F)F)c1cnccn1. The Morgan fingerprint density at radius 3 is 2.45 bits per heavy atom. The number of benzene rings is 1. The molecule has 8 nitrogen and oxygen atoms in total. The van der Waals surface area contributed by atoms with Gasteiger partial charge in [-0.05, 0) is 31.0 Å². The highest BCUT2D eigenvalue weighted by Gasteiger charge is 2.30. The minimum atomic E-state index is -4.61. The second-order valence-corrected chi connectivity index (χ2v) is 8.86. The zero-order valence-electron chi connectivity index (χ0n) is 16.4. The molecule has 0 unspecified atom stereocenters. The van der Waals surface area contributed by atoms with Crippen LogP contribution in [-0.4, -0.2) is 54.5 Å². The molecule has 1 saturated heterocycles. The quantitative estimate of drug-likeness (QED) is 0.713. The third-order valence-corrected chi connectivity index (χ3v) is 6.48. The summed E-state index contributed by atoms with van der Waals surface area (Å²) in [6, 6.07) is 3.37. The van der Waals surface area contributed by atoms with Crippen LogP contribution in [0, 0.1) is 0 Å². The maximum Gasteiger partial charge on any atom is 0.422 e. The number of hydrogen-bond donors (Lipinski definition) is 1. The van der Waals surface area contributed by atoms with Crippen LogP contribution in [0.2, 0.25) is 0 Å². The number of hydrogen-bond acceptors (Lipinski definition) is 6. The molecule has 1 N–H and O–H groups in total. The van der Waals surface area contributed by atoms with Crippen LogP contribution in [0.3, 0.4) is 0 Å². The molecule has 0 bridgehead atoms. The van der Waals surface area contributed by atoms with Crippen molar-refractivity contribution in [1.82, 2.24) is 14.3 Å². The largest absolute Gasteiger partial charge is 0.482 e. The highest BCUT2D eigenvalue weighted by molar-refractivity contribution is 7.89. The topological polar surface area (TPSA) is 101 Å². The van der Waals surface area contributed by atoms with Gasteiger partial charge in [0.1, 0.15) is 11.4 Å². The molecule has 1 aliphatic heterocycles. The van der Waals surface area contributed by atoms with Crippen LogP contribution in [-0.2, 0) is 10.0 Å². The molecule has 1 aliphatic rings. The van der Waals surface area contributed by atoms with E-state index < -0.39 is 28.7 Å². The third kappa shape index (κ3) is 6.14. The number of ether oxygens (including phenoxy) is 1. The van der Waals surface area contributed by atoms with Gasteiger partial charge in [-0.25, -0.2) is 13.4 Å². The fourth-order valence-electron chi connectivity index (χ4n) is 3.09. The summed E-state index contributed by atoms with van der Waals surface area (Å²) in [6.07, 6.45) is 2.49. The molecule has 3 rings (SSSR count). The molecule has 1 amide bonds. The van der Waals surface area contributed by atoms with Gasteiger partial charge in [0.05, 0.1) is 16.8 Å². The fraction of sp³-hybridized carbons (Fsp3) is 0.421. The molecule has 0 saturated carbocycles. The van der Waals surface area contributed by atoms with Gasteiger partial charge in [-0.1, -0.05) is 12.8 Å². The number of nitrogens with zero attached hydrogens (tertiary/aromatic N) is 3. The third-order valence-electron chi connectivity index (χ3n) is 4.59. The van der Waals surface area contributed by atoms with Crippen LogP contribution in [0.4, 0.5) is 18.9 Å². The van der Waals surface area contributed by atoms with E-state index in [9.17, 15) is 26.4 Å². The molecular formula is C19H21F3N4O4S. The first-order chi connectivity index (χ1) is 14.7. The lowest BCUT2D eigenvalue weighted by atomic mass is 10.2. The summed E-state index contributed by atoms with van der Waals surface area (Å²) in [5.41, 5.74) is -0.305. The normalized spacial score (nSPS) is 15.8. The molecule has 0 spiro atoms. The van der Waals surface area contributed by atoms with Crippen LogP contribution in [0.5, 0.6) is 5.75 Å². The number of alkyl halides is 3. The summed E-state index contributed by atoms with van der Waals surface area (Å²) in [7, 11) is -3.89. The molecule has 2 aromatic rings. The van der Waals surface area contributed by atoms with Gasteiger partial charge in [0.2, 0.25) is 10.0 Å². The average molecular weight is 458 g/mol. The second-order valence-electron chi connectivity index (χ2n) is 6.92. The summed E-state index contributed by atoms with van der Waals surface area (Å²) in [6.45, 7) is -0.884. The molecule has 0 atom stereocenters. The first kappa shape index (κ1) is 22.9. The predicted molar refractivity (Wildman–Crippen MR) is 105 cm³/mol. The molecule has 168 valence electrons. The molecule has 1 aromatic carbocycles. The van der Waals surface area contributed by atoms with Crippen molar-refractivity contribution in [3.8, 4) is 5.75 Å². The minimum Gasteiger partial charge on any atom is -0.482 e. The Labute approximate surface area is 177 Å². The van der Waals surface area contributed by atoms with Crippen LogP contribution in [0.25, 0.3) is 0 Å². The van der Waals surface area contributed by atoms with Crippen LogP contribution in [0.15, 0.2) is 41.7 Å². The van der Waals surface area contributed by atoms with Gasteiger partial charge in [0.25, 0.3) is 5.91 Å². The number of nitrogens with one attached hydrogen (secondary N) is 1. The van der Waals surface area contributed by atoms with Crippen molar-refractivity contribution >= 4 is 21.6 Å². The Bertz CT molecular complexity index is 1010. The highest BCUT2D eigenvalue weighted by Crippen LogP contribution is 2.31. The lowest BCUT2D eigenvalue weighted by Crippen LogP contribution is -2.32. The Hall–Kier alpha value is -2.73. The number of amides is 1. The Morgan fingerprint density at radius 1 is 1.13 bits per heavy atom. The summed E-state index contributed by atoms with van der Waals surface area (Å²) < 4.78 is 70.1. The summed E-state index contributed by atoms with van der Waals surface area (Å²) in [5, 5.41) is 2.37. The van der Waals surface area contributed by atoms with Gasteiger partial charge in [-0.3, -0.25) is 9.78 Å². The lowest BCUT2D eigenvalue weighted by molar-refractivity contribution is -0.153. The van der Waals surface area contributed by atoms with Crippen LogP contribution < -0.4 is 10.1 Å². The Morgan fingerprint density at radius 2 is 1.84 bits per heavy atom. The van der Waals surface area contributed by atoms with E-state index in [0.29, 0.717) is 13.1 Å². The average Bonchev–Trinajstić information content (AvgIpc) is 3.03. The number of carbonyl (C=O) groups is 1. The van der Waals surface area contributed by atoms with Gasteiger partial charge >= 0.3 is 6.18 Å². The van der Waals surface area contributed by atoms with E-state index >= 15 is 0 Å². The summed E-state index contributed by atoms with van der Waals surface area (Å²) >= 11 is 0. The summed E-state index contributed by atoms with van der Waals surface area (Å²) in [5.74, 6) is -1.08. The zero-order valence-corrected chi connectivity index (χ0v) is 17.2. The van der Waals surface area contributed by atoms with Crippen LogP contribution >= 0.6 is 0 Å². The number of halogens is 3. The Balaban J connectivity index is 1.93. The van der Waals surface area contributed by atoms with Gasteiger partial charge < -0.3 is 10.1 Å². The molecule has 0 radical (unpaired) electrons. The molecule has 12 heteroatoms. The van der Waals surface area contributed by atoms with Gasteiger partial charge in [0, 0.05) is 25.5 Å². The van der Waals surface area contributed by atoms with Gasteiger partial charge in [0.15, 0.2) is 6.61 Å². The van der Waals surface area contributed by atoms with E-state index in [1.807, 2.05) is 0 Å². The van der Waals surface area contributed by atoms with E-state index in [1.54, 1.807) is 0 Å². The van der Waals surface area contributed by atoms with Crippen molar-refractivity contribution in [3.05, 3.63) is 42.5 Å². The van der Waals surface area contributed by atoms with E-state index in [4.69, 9.17) is 4.74 Å². The van der Waals surface area contributed by atoms with Crippen LogP contribution in [0.1, 0.15) is 36.2 Å². The second kappa shape index (κ2) is 9.60. The van der Waals surface area contributed by atoms with Crippen molar-refractivity contribution in [2.24, 2.45) is 0 Å². The van der Waals surface area contributed by atoms with E-state index in [2.05, 4.69) is 15.3 Å². The molecule has 0 aliphatic carbocycles. The van der Waals surface area contributed by atoms with Crippen molar-refractivity contribution in [2.75, 3.05) is 25.0 Å². The standard InChI is InChI=1S/C19H21F3N4O4S/c20-19(21,22)13-30-17-6-5-14(31(28,29)26-9-3-1-2-4-10-26)11-15(17)25-18(27)16-12-23-7-8-24-16/h5-8,11-12H,1-4,9-10,13H2,(H,25,27). The first-order valence-corrected chi connectivity index (χ1v) is 11.0. The maximum absolute atomic E-state index is 13.0. The number of anilines is 1. The molecule has 1 aromatic heterocycles. The molecule has 2 heterocycles. The van der Waals surface area contributed by atoms with Gasteiger partial charge in [-0.2, -0.15) is 17.5 Å². The first-order valence-electron chi connectivity index (χ1n) is 9.58. The van der Waals surface area contributed by atoms with E-state index in [1.165, 1.54) is 29.0 Å². The maximum atomic E-state index is 13.0. The smallest absolute Gasteiger partial charge is 0.422 e. The number of rotatable bonds is 6. The number of sulfonamides is 1. The number of carbonyl (C=O) groups excluding carboxylic acids is 1. The molecule has 1 fully saturated rings. The number of aromatic nitrogens is 2. The fourth-order valence-corrected chi connectivity index (χ4v) is 4.63. The predicted octanol–water partition coefficient (Wildman–Crippen LogP) is 3.23. The molecular weight excluding hydrogens is 437 g/mol. The van der Waals surface area contributed by atoms with Crippen molar-refractivity contribution in [1.29, 1.82) is 0 Å². The zero-order chi connectivity index (χ0) is 22.5. The van der Waals surface area contributed by atoms with E-state index in [0.717, 1.165) is 37.8 Å².